The highest BCUT2D eigenvalue weighted by atomic mass is 35.5. The fourth-order valence-corrected chi connectivity index (χ4v) is 2.65. The summed E-state index contributed by atoms with van der Waals surface area (Å²) < 4.78 is 0. The number of anilines is 4. The largest absolute Gasteiger partial charge is 0.478 e. The second-order valence-corrected chi connectivity index (χ2v) is 6.25. The van der Waals surface area contributed by atoms with Crippen molar-refractivity contribution < 1.29 is 9.90 Å². The molecule has 7 heteroatoms. The van der Waals surface area contributed by atoms with E-state index in [1.807, 2.05) is 32.0 Å². The molecule has 0 bridgehead atoms. The van der Waals surface area contributed by atoms with Crippen molar-refractivity contribution in [2.75, 3.05) is 10.6 Å². The number of aromatic nitrogens is 2. The quantitative estimate of drug-likeness (QED) is 0.591. The van der Waals surface area contributed by atoms with Crippen LogP contribution in [-0.4, -0.2) is 21.0 Å². The first-order chi connectivity index (χ1) is 12.4. The summed E-state index contributed by atoms with van der Waals surface area (Å²) in [6.45, 7) is 3.83. The highest BCUT2D eigenvalue weighted by Gasteiger charge is 2.07. The Balaban J connectivity index is 1.82. The summed E-state index contributed by atoms with van der Waals surface area (Å²) in [4.78, 5) is 19.8. The van der Waals surface area contributed by atoms with E-state index < -0.39 is 5.97 Å². The Morgan fingerprint density at radius 2 is 1.73 bits per heavy atom. The van der Waals surface area contributed by atoms with Crippen LogP contribution in [0, 0.1) is 13.8 Å². The molecular formula is C19H17ClN4O2. The van der Waals surface area contributed by atoms with Gasteiger partial charge in [-0.25, -0.2) is 9.78 Å². The SMILES string of the molecule is Cc1cc(Nc2ccc(C(=O)O)cc2)nc(Nc2ccc(Cl)cc2C)n1. The third-order valence-corrected chi connectivity index (χ3v) is 3.93. The summed E-state index contributed by atoms with van der Waals surface area (Å²) >= 11 is 5.99. The van der Waals surface area contributed by atoms with Crippen LogP contribution in [0.3, 0.4) is 0 Å². The Hall–Kier alpha value is -3.12. The topological polar surface area (TPSA) is 87.1 Å². The van der Waals surface area contributed by atoms with Crippen LogP contribution < -0.4 is 10.6 Å². The average Bonchev–Trinajstić information content (AvgIpc) is 2.57. The molecule has 1 heterocycles. The van der Waals surface area contributed by atoms with Crippen molar-refractivity contribution in [3.63, 3.8) is 0 Å². The minimum absolute atomic E-state index is 0.231. The van der Waals surface area contributed by atoms with Crippen molar-refractivity contribution in [3.05, 3.63) is 70.4 Å². The Bertz CT molecular complexity index is 958. The van der Waals surface area contributed by atoms with Crippen molar-refractivity contribution >= 4 is 40.7 Å². The van der Waals surface area contributed by atoms with Crippen molar-refractivity contribution in [2.45, 2.75) is 13.8 Å². The molecule has 0 aliphatic rings. The van der Waals surface area contributed by atoms with E-state index in [9.17, 15) is 4.79 Å². The molecule has 0 radical (unpaired) electrons. The van der Waals surface area contributed by atoms with E-state index in [1.54, 1.807) is 18.2 Å². The monoisotopic (exact) mass is 368 g/mol. The van der Waals surface area contributed by atoms with Crippen molar-refractivity contribution in [1.82, 2.24) is 9.97 Å². The van der Waals surface area contributed by atoms with E-state index in [-0.39, 0.29) is 5.56 Å². The van der Waals surface area contributed by atoms with Gasteiger partial charge in [-0.05, 0) is 61.9 Å². The van der Waals surface area contributed by atoms with Gasteiger partial charge in [-0.3, -0.25) is 0 Å². The lowest BCUT2D eigenvalue weighted by Gasteiger charge is -2.12. The third-order valence-electron chi connectivity index (χ3n) is 3.69. The number of aryl methyl sites for hydroxylation is 2. The fourth-order valence-electron chi connectivity index (χ4n) is 2.42. The van der Waals surface area contributed by atoms with Gasteiger partial charge in [0.05, 0.1) is 5.56 Å². The van der Waals surface area contributed by atoms with Crippen LogP contribution in [0.1, 0.15) is 21.6 Å². The maximum absolute atomic E-state index is 10.9. The van der Waals surface area contributed by atoms with Gasteiger partial charge in [0.15, 0.2) is 0 Å². The Morgan fingerprint density at radius 1 is 1.00 bits per heavy atom. The van der Waals surface area contributed by atoms with Crippen molar-refractivity contribution in [3.8, 4) is 0 Å². The number of hydrogen-bond donors (Lipinski definition) is 3. The average molecular weight is 369 g/mol. The van der Waals surface area contributed by atoms with Gasteiger partial charge in [0.1, 0.15) is 5.82 Å². The smallest absolute Gasteiger partial charge is 0.335 e. The van der Waals surface area contributed by atoms with E-state index in [2.05, 4.69) is 20.6 Å². The lowest BCUT2D eigenvalue weighted by Crippen LogP contribution is -2.03. The molecule has 1 aromatic heterocycles. The van der Waals surface area contributed by atoms with Crippen LogP contribution in [0.5, 0.6) is 0 Å². The van der Waals surface area contributed by atoms with Gasteiger partial charge >= 0.3 is 5.97 Å². The van der Waals surface area contributed by atoms with Crippen LogP contribution in [0.25, 0.3) is 0 Å². The fraction of sp³-hybridized carbons (Fsp3) is 0.105. The van der Waals surface area contributed by atoms with Gasteiger partial charge < -0.3 is 15.7 Å². The minimum Gasteiger partial charge on any atom is -0.478 e. The molecule has 0 fully saturated rings. The summed E-state index contributed by atoms with van der Waals surface area (Å²) in [6.07, 6.45) is 0. The van der Waals surface area contributed by atoms with Crippen LogP contribution >= 0.6 is 11.6 Å². The molecule has 0 spiro atoms. The minimum atomic E-state index is -0.959. The zero-order valence-electron chi connectivity index (χ0n) is 14.2. The molecule has 0 aliphatic carbocycles. The number of carbonyl (C=O) groups is 1. The first kappa shape index (κ1) is 17.7. The Labute approximate surface area is 155 Å². The molecule has 2 aromatic carbocycles. The Kier molecular flexibility index (Phi) is 5.04. The van der Waals surface area contributed by atoms with Crippen molar-refractivity contribution in [2.24, 2.45) is 0 Å². The lowest BCUT2D eigenvalue weighted by molar-refractivity contribution is 0.0697. The summed E-state index contributed by atoms with van der Waals surface area (Å²) in [5.41, 5.74) is 3.62. The van der Waals surface area contributed by atoms with Gasteiger partial charge in [0.25, 0.3) is 0 Å². The molecule has 3 aromatic rings. The van der Waals surface area contributed by atoms with Crippen molar-refractivity contribution in [1.29, 1.82) is 0 Å². The maximum Gasteiger partial charge on any atom is 0.335 e. The van der Waals surface area contributed by atoms with E-state index in [0.717, 1.165) is 22.6 Å². The highest BCUT2D eigenvalue weighted by Crippen LogP contribution is 2.23. The van der Waals surface area contributed by atoms with E-state index in [1.165, 1.54) is 12.1 Å². The zero-order chi connectivity index (χ0) is 18.7. The molecular weight excluding hydrogens is 352 g/mol. The molecule has 0 saturated heterocycles. The van der Waals surface area contributed by atoms with Crippen LogP contribution in [0.15, 0.2) is 48.5 Å². The molecule has 26 heavy (non-hydrogen) atoms. The summed E-state index contributed by atoms with van der Waals surface area (Å²) in [6, 6.07) is 13.8. The molecule has 3 N–H and O–H groups in total. The van der Waals surface area contributed by atoms with Crippen LogP contribution in [-0.2, 0) is 0 Å². The van der Waals surface area contributed by atoms with Gasteiger partial charge in [-0.15, -0.1) is 0 Å². The van der Waals surface area contributed by atoms with E-state index in [0.29, 0.717) is 16.8 Å². The van der Waals surface area contributed by atoms with Gasteiger partial charge in [0, 0.05) is 28.2 Å². The third kappa shape index (κ3) is 4.29. The number of rotatable bonds is 5. The van der Waals surface area contributed by atoms with Crippen LogP contribution in [0.4, 0.5) is 23.1 Å². The van der Waals surface area contributed by atoms with Gasteiger partial charge in [-0.2, -0.15) is 4.98 Å². The summed E-state index contributed by atoms with van der Waals surface area (Å²) in [5, 5.41) is 16.0. The summed E-state index contributed by atoms with van der Waals surface area (Å²) in [7, 11) is 0. The van der Waals surface area contributed by atoms with Crippen LogP contribution in [0.2, 0.25) is 5.02 Å². The summed E-state index contributed by atoms with van der Waals surface area (Å²) in [5.74, 6) is 0.106. The molecule has 6 nitrogen and oxygen atoms in total. The lowest BCUT2D eigenvalue weighted by atomic mass is 10.2. The van der Waals surface area contributed by atoms with E-state index in [4.69, 9.17) is 16.7 Å². The molecule has 132 valence electrons. The second-order valence-electron chi connectivity index (χ2n) is 5.81. The number of carboxylic acid groups (broad SMARTS) is 1. The van der Waals surface area contributed by atoms with Gasteiger partial charge in [-0.1, -0.05) is 11.6 Å². The second kappa shape index (κ2) is 7.41. The number of carboxylic acids is 1. The number of halogens is 1. The first-order valence-corrected chi connectivity index (χ1v) is 8.28. The number of benzene rings is 2. The molecule has 0 amide bonds. The highest BCUT2D eigenvalue weighted by molar-refractivity contribution is 6.30. The predicted molar refractivity (Wildman–Crippen MR) is 103 cm³/mol. The maximum atomic E-state index is 10.9. The molecule has 0 saturated carbocycles. The molecule has 0 atom stereocenters. The Morgan fingerprint density at radius 3 is 2.38 bits per heavy atom. The predicted octanol–water partition coefficient (Wildman–Crippen LogP) is 4.93. The zero-order valence-corrected chi connectivity index (χ0v) is 15.0. The molecule has 0 aliphatic heterocycles. The normalized spacial score (nSPS) is 10.4. The first-order valence-electron chi connectivity index (χ1n) is 7.90. The standard InChI is InChI=1S/C19H17ClN4O2/c1-11-9-14(20)5-8-16(11)23-19-21-12(2)10-17(24-19)22-15-6-3-13(4-7-15)18(25)26/h3-10H,1-2H3,(H,25,26)(H2,21,22,23,24). The van der Waals surface area contributed by atoms with E-state index >= 15 is 0 Å². The number of aromatic carboxylic acids is 1. The number of hydrogen-bond acceptors (Lipinski definition) is 5. The van der Waals surface area contributed by atoms with Gasteiger partial charge in [0.2, 0.25) is 5.95 Å². The number of nitrogens with one attached hydrogen (secondary N) is 2. The number of nitrogens with zero attached hydrogens (tertiary/aromatic N) is 2. The molecule has 3 rings (SSSR count). The molecule has 0 unspecified atom stereocenters.